The van der Waals surface area contributed by atoms with Gasteiger partial charge in [0.15, 0.2) is 5.16 Å². The molecule has 2 aromatic heterocycles. The Kier molecular flexibility index (Phi) is 5.54. The van der Waals surface area contributed by atoms with Crippen molar-refractivity contribution in [2.75, 3.05) is 12.3 Å². The summed E-state index contributed by atoms with van der Waals surface area (Å²) in [5, 5.41) is 7.97. The van der Waals surface area contributed by atoms with Crippen LogP contribution in [0.1, 0.15) is 22.6 Å². The molecule has 2 rings (SSSR count). The van der Waals surface area contributed by atoms with Crippen LogP contribution in [0.15, 0.2) is 17.4 Å². The van der Waals surface area contributed by atoms with Gasteiger partial charge < -0.3 is 5.32 Å². The van der Waals surface area contributed by atoms with Crippen molar-refractivity contribution in [1.29, 1.82) is 0 Å². The molecule has 0 fully saturated rings. The third kappa shape index (κ3) is 4.30. The fraction of sp³-hybridized carbons (Fsp3) is 0.467. The van der Waals surface area contributed by atoms with E-state index in [1.54, 1.807) is 6.20 Å². The van der Waals surface area contributed by atoms with E-state index < -0.39 is 0 Å². The standard InChI is InChI=1S/C15H21N5OS/c1-10-5-6-17-15(18-10)22-9-14(21)16-7-8-20-13(4)11(2)12(3)19-20/h5-6H,7-9H2,1-4H3,(H,16,21). The summed E-state index contributed by atoms with van der Waals surface area (Å²) in [7, 11) is 0. The zero-order valence-electron chi connectivity index (χ0n) is 13.4. The van der Waals surface area contributed by atoms with E-state index in [9.17, 15) is 4.79 Å². The van der Waals surface area contributed by atoms with Gasteiger partial charge in [0, 0.05) is 24.1 Å². The molecule has 22 heavy (non-hydrogen) atoms. The molecule has 1 amide bonds. The molecule has 1 N–H and O–H groups in total. The molecule has 0 spiro atoms. The lowest BCUT2D eigenvalue weighted by Crippen LogP contribution is -2.29. The summed E-state index contributed by atoms with van der Waals surface area (Å²) < 4.78 is 1.93. The largest absolute Gasteiger partial charge is 0.354 e. The average molecular weight is 319 g/mol. The van der Waals surface area contributed by atoms with Gasteiger partial charge in [-0.05, 0) is 39.3 Å². The van der Waals surface area contributed by atoms with Crippen LogP contribution in [0.5, 0.6) is 0 Å². The van der Waals surface area contributed by atoms with Crippen molar-refractivity contribution in [2.45, 2.75) is 39.4 Å². The van der Waals surface area contributed by atoms with Crippen LogP contribution in [0.2, 0.25) is 0 Å². The Bertz CT molecular complexity index is 668. The van der Waals surface area contributed by atoms with Gasteiger partial charge in [0.25, 0.3) is 0 Å². The smallest absolute Gasteiger partial charge is 0.230 e. The first-order valence-electron chi connectivity index (χ1n) is 7.17. The van der Waals surface area contributed by atoms with Crippen LogP contribution in [0.4, 0.5) is 0 Å². The second-order valence-electron chi connectivity index (χ2n) is 5.14. The number of carbonyl (C=O) groups excluding carboxylic acids is 1. The molecule has 0 unspecified atom stereocenters. The highest BCUT2D eigenvalue weighted by molar-refractivity contribution is 7.99. The fourth-order valence-electron chi connectivity index (χ4n) is 1.98. The Balaban J connectivity index is 1.75. The fourth-order valence-corrected chi connectivity index (χ4v) is 2.69. The lowest BCUT2D eigenvalue weighted by atomic mass is 10.2. The number of hydrogen-bond acceptors (Lipinski definition) is 5. The van der Waals surface area contributed by atoms with Crippen molar-refractivity contribution < 1.29 is 4.79 Å². The predicted octanol–water partition coefficient (Wildman–Crippen LogP) is 1.82. The quantitative estimate of drug-likeness (QED) is 0.649. The maximum Gasteiger partial charge on any atom is 0.230 e. The summed E-state index contributed by atoms with van der Waals surface area (Å²) in [6, 6.07) is 1.83. The number of nitrogens with one attached hydrogen (secondary N) is 1. The van der Waals surface area contributed by atoms with Gasteiger partial charge in [-0.3, -0.25) is 9.48 Å². The van der Waals surface area contributed by atoms with Crippen LogP contribution >= 0.6 is 11.8 Å². The number of carbonyl (C=O) groups is 1. The van der Waals surface area contributed by atoms with Crippen molar-refractivity contribution in [1.82, 2.24) is 25.1 Å². The molecule has 2 heterocycles. The highest BCUT2D eigenvalue weighted by Gasteiger charge is 2.08. The maximum absolute atomic E-state index is 11.8. The van der Waals surface area contributed by atoms with E-state index in [0.29, 0.717) is 24.0 Å². The molecule has 118 valence electrons. The predicted molar refractivity (Wildman–Crippen MR) is 86.9 cm³/mol. The van der Waals surface area contributed by atoms with Gasteiger partial charge in [0.2, 0.25) is 5.91 Å². The molecular formula is C15H21N5OS. The minimum Gasteiger partial charge on any atom is -0.354 e. The highest BCUT2D eigenvalue weighted by Crippen LogP contribution is 2.12. The van der Waals surface area contributed by atoms with Crippen LogP contribution in [-0.2, 0) is 11.3 Å². The van der Waals surface area contributed by atoms with Crippen molar-refractivity contribution in [3.8, 4) is 0 Å². The molecule has 0 atom stereocenters. The Morgan fingerprint density at radius 3 is 2.73 bits per heavy atom. The van der Waals surface area contributed by atoms with E-state index in [1.807, 2.05) is 31.5 Å². The SMILES string of the molecule is Cc1ccnc(SCC(=O)NCCn2nc(C)c(C)c2C)n1. The lowest BCUT2D eigenvalue weighted by Gasteiger charge is -2.07. The van der Waals surface area contributed by atoms with Gasteiger partial charge in [-0.15, -0.1) is 0 Å². The third-order valence-electron chi connectivity index (χ3n) is 3.49. The molecule has 6 nitrogen and oxygen atoms in total. The molecule has 0 saturated carbocycles. The number of aromatic nitrogens is 4. The van der Waals surface area contributed by atoms with Crippen LogP contribution in [0, 0.1) is 27.7 Å². The topological polar surface area (TPSA) is 72.7 Å². The molecule has 7 heteroatoms. The lowest BCUT2D eigenvalue weighted by molar-refractivity contribution is -0.118. The van der Waals surface area contributed by atoms with Gasteiger partial charge in [-0.2, -0.15) is 5.10 Å². The molecule has 0 aromatic carbocycles. The first-order valence-corrected chi connectivity index (χ1v) is 8.15. The number of hydrogen-bond donors (Lipinski definition) is 1. The highest BCUT2D eigenvalue weighted by atomic mass is 32.2. The molecule has 0 aliphatic carbocycles. The Morgan fingerprint density at radius 1 is 1.32 bits per heavy atom. The van der Waals surface area contributed by atoms with E-state index >= 15 is 0 Å². The number of nitrogens with zero attached hydrogens (tertiary/aromatic N) is 4. The Morgan fingerprint density at radius 2 is 2.09 bits per heavy atom. The monoisotopic (exact) mass is 319 g/mol. The number of rotatable bonds is 6. The van der Waals surface area contributed by atoms with E-state index in [1.165, 1.54) is 17.3 Å². The molecule has 0 radical (unpaired) electrons. The normalized spacial score (nSPS) is 10.7. The van der Waals surface area contributed by atoms with Gasteiger partial charge >= 0.3 is 0 Å². The van der Waals surface area contributed by atoms with Gasteiger partial charge in [-0.25, -0.2) is 9.97 Å². The van der Waals surface area contributed by atoms with E-state index in [4.69, 9.17) is 0 Å². The van der Waals surface area contributed by atoms with Gasteiger partial charge in [-0.1, -0.05) is 11.8 Å². The second-order valence-corrected chi connectivity index (χ2v) is 6.08. The van der Waals surface area contributed by atoms with Crippen molar-refractivity contribution in [3.05, 3.63) is 34.9 Å². The summed E-state index contributed by atoms with van der Waals surface area (Å²) in [4.78, 5) is 20.2. The number of thioether (sulfide) groups is 1. The molecule has 2 aromatic rings. The van der Waals surface area contributed by atoms with E-state index in [0.717, 1.165) is 17.1 Å². The minimum absolute atomic E-state index is 0.0200. The molecule has 0 aliphatic rings. The van der Waals surface area contributed by atoms with Crippen molar-refractivity contribution in [3.63, 3.8) is 0 Å². The Labute approximate surface area is 134 Å². The molecule has 0 bridgehead atoms. The van der Waals surface area contributed by atoms with E-state index in [2.05, 4.69) is 27.3 Å². The molecular weight excluding hydrogens is 298 g/mol. The zero-order valence-corrected chi connectivity index (χ0v) is 14.2. The summed E-state index contributed by atoms with van der Waals surface area (Å²) >= 11 is 1.34. The van der Waals surface area contributed by atoms with Crippen molar-refractivity contribution >= 4 is 17.7 Å². The van der Waals surface area contributed by atoms with Gasteiger partial charge in [0.05, 0.1) is 18.0 Å². The van der Waals surface area contributed by atoms with Crippen LogP contribution in [0.3, 0.4) is 0 Å². The summed E-state index contributed by atoms with van der Waals surface area (Å²) in [5.74, 6) is 0.299. The molecule has 0 saturated heterocycles. The first kappa shape index (κ1) is 16.5. The Hall–Kier alpha value is -1.89. The van der Waals surface area contributed by atoms with Gasteiger partial charge in [0.1, 0.15) is 0 Å². The minimum atomic E-state index is -0.0200. The number of amides is 1. The molecule has 0 aliphatic heterocycles. The average Bonchev–Trinajstić information content (AvgIpc) is 2.73. The zero-order chi connectivity index (χ0) is 16.1. The maximum atomic E-state index is 11.8. The summed E-state index contributed by atoms with van der Waals surface area (Å²) in [5.41, 5.74) is 4.29. The van der Waals surface area contributed by atoms with Crippen LogP contribution in [0.25, 0.3) is 0 Å². The summed E-state index contributed by atoms with van der Waals surface area (Å²) in [6.45, 7) is 9.25. The van der Waals surface area contributed by atoms with Crippen molar-refractivity contribution in [2.24, 2.45) is 0 Å². The summed E-state index contributed by atoms with van der Waals surface area (Å²) in [6.07, 6.45) is 1.70. The van der Waals surface area contributed by atoms with Crippen LogP contribution in [-0.4, -0.2) is 38.0 Å². The van der Waals surface area contributed by atoms with E-state index in [-0.39, 0.29) is 5.91 Å². The first-order chi connectivity index (χ1) is 10.5. The number of aryl methyl sites for hydroxylation is 2. The third-order valence-corrected chi connectivity index (χ3v) is 4.36. The second kappa shape index (κ2) is 7.40. The van der Waals surface area contributed by atoms with Crippen LogP contribution < -0.4 is 5.32 Å².